The van der Waals surface area contributed by atoms with Gasteiger partial charge in [0.05, 0.1) is 17.7 Å². The highest BCUT2D eigenvalue weighted by atomic mass is 35.5. The maximum Gasteiger partial charge on any atom is 0.331 e. The minimum absolute atomic E-state index is 0.0627. The van der Waals surface area contributed by atoms with Crippen LogP contribution in [0.4, 0.5) is 14.9 Å². The number of aromatic nitrogens is 2. The molecular weight excluding hydrogens is 619 g/mol. The van der Waals surface area contributed by atoms with E-state index in [1.165, 1.54) is 18.3 Å². The molecule has 3 aromatic rings. The number of piperidine rings is 1. The van der Waals surface area contributed by atoms with Crippen LogP contribution in [0, 0.1) is 5.82 Å². The van der Waals surface area contributed by atoms with Crippen molar-refractivity contribution >= 4 is 35.1 Å². The Morgan fingerprint density at radius 2 is 1.85 bits per heavy atom. The lowest BCUT2D eigenvalue weighted by Crippen LogP contribution is -2.51. The van der Waals surface area contributed by atoms with Gasteiger partial charge in [-0.15, -0.1) is 0 Å². The van der Waals surface area contributed by atoms with Crippen molar-refractivity contribution in [3.63, 3.8) is 0 Å². The molecule has 0 saturated carbocycles. The third kappa shape index (κ3) is 6.79. The molecule has 0 bridgehead atoms. The van der Waals surface area contributed by atoms with Crippen molar-refractivity contribution in [1.29, 1.82) is 0 Å². The second kappa shape index (κ2) is 13.8. The first-order chi connectivity index (χ1) is 22.0. The van der Waals surface area contributed by atoms with E-state index in [4.69, 9.17) is 22.1 Å². The number of likely N-dealkylation sites (tertiary alicyclic amines) is 1. The summed E-state index contributed by atoms with van der Waals surface area (Å²) in [6, 6.07) is 8.50. The van der Waals surface area contributed by atoms with E-state index in [1.54, 1.807) is 29.9 Å². The summed E-state index contributed by atoms with van der Waals surface area (Å²) in [7, 11) is 1.59. The number of anilines is 1. The minimum atomic E-state index is -0.751. The number of carbonyl (C=O) groups is 3. The van der Waals surface area contributed by atoms with E-state index in [1.807, 2.05) is 12.1 Å². The molecular formula is C32H36ClFN6O6. The van der Waals surface area contributed by atoms with E-state index in [9.17, 15) is 28.4 Å². The zero-order chi connectivity index (χ0) is 33.1. The predicted octanol–water partition coefficient (Wildman–Crippen LogP) is 3.39. The predicted molar refractivity (Wildman–Crippen MR) is 171 cm³/mol. The summed E-state index contributed by atoms with van der Waals surface area (Å²) < 4.78 is 21.7. The second-order valence-electron chi connectivity index (χ2n) is 11.6. The van der Waals surface area contributed by atoms with Crippen LogP contribution in [-0.2, 0) is 22.6 Å². The van der Waals surface area contributed by atoms with Gasteiger partial charge in [0.1, 0.15) is 18.1 Å². The Labute approximate surface area is 269 Å². The number of halogens is 2. The summed E-state index contributed by atoms with van der Waals surface area (Å²) >= 11 is 6.21. The molecule has 12 nitrogen and oxygen atoms in total. The van der Waals surface area contributed by atoms with Gasteiger partial charge in [-0.2, -0.15) is 0 Å². The molecule has 14 heteroatoms. The molecule has 5 rings (SSSR count). The summed E-state index contributed by atoms with van der Waals surface area (Å²) in [4.78, 5) is 68.5. The van der Waals surface area contributed by atoms with Gasteiger partial charge in [-0.25, -0.2) is 14.0 Å². The topological polar surface area (TPSA) is 149 Å². The number of rotatable bonds is 9. The average molecular weight is 655 g/mol. The van der Waals surface area contributed by atoms with Gasteiger partial charge < -0.3 is 25.6 Å². The van der Waals surface area contributed by atoms with Crippen molar-refractivity contribution in [2.45, 2.75) is 57.7 Å². The second-order valence-corrected chi connectivity index (χ2v) is 12.0. The Morgan fingerprint density at radius 1 is 1.11 bits per heavy atom. The van der Waals surface area contributed by atoms with Gasteiger partial charge in [-0.1, -0.05) is 23.7 Å². The van der Waals surface area contributed by atoms with Crippen molar-refractivity contribution in [3.05, 3.63) is 79.8 Å². The maximum atomic E-state index is 14.4. The van der Waals surface area contributed by atoms with Crippen LogP contribution in [0.5, 0.6) is 5.75 Å². The fourth-order valence-corrected chi connectivity index (χ4v) is 6.30. The van der Waals surface area contributed by atoms with Gasteiger partial charge in [-0.3, -0.25) is 23.5 Å². The zero-order valence-electron chi connectivity index (χ0n) is 25.6. The number of nitrogens with zero attached hydrogens (tertiary/aromatic N) is 4. The molecule has 1 fully saturated rings. The molecule has 0 aliphatic carbocycles. The van der Waals surface area contributed by atoms with Crippen molar-refractivity contribution < 1.29 is 23.5 Å². The van der Waals surface area contributed by atoms with Gasteiger partial charge in [0.2, 0.25) is 11.8 Å². The smallest absolute Gasteiger partial charge is 0.331 e. The Balaban J connectivity index is 1.33. The molecule has 0 unspecified atom stereocenters. The van der Waals surface area contributed by atoms with Crippen molar-refractivity contribution in [1.82, 2.24) is 18.9 Å². The van der Waals surface area contributed by atoms with Gasteiger partial charge in [0, 0.05) is 55.6 Å². The average Bonchev–Trinajstić information content (AvgIpc) is 3.20. The number of ether oxygens (including phenoxy) is 1. The molecule has 1 saturated heterocycles. The van der Waals surface area contributed by atoms with E-state index in [0.717, 1.165) is 26.5 Å². The Hall–Kier alpha value is -4.65. The molecule has 1 aromatic heterocycles. The number of hydrogen-bond donors (Lipinski definition) is 2. The van der Waals surface area contributed by atoms with Crippen LogP contribution in [0.1, 0.15) is 44.2 Å². The molecule has 46 heavy (non-hydrogen) atoms. The van der Waals surface area contributed by atoms with Crippen molar-refractivity contribution in [3.8, 4) is 16.9 Å². The fraction of sp³-hybridized carbons (Fsp3) is 0.406. The van der Waals surface area contributed by atoms with E-state index < -0.39 is 29.0 Å². The lowest BCUT2D eigenvalue weighted by Gasteiger charge is -2.38. The first-order valence-corrected chi connectivity index (χ1v) is 15.5. The largest absolute Gasteiger partial charge is 0.497 e. The number of fused-ring (bicyclic) bond motifs is 1. The minimum Gasteiger partial charge on any atom is -0.497 e. The number of carbonyl (C=O) groups excluding carboxylic acids is 3. The number of hydrogen-bond acceptors (Lipinski definition) is 6. The van der Waals surface area contributed by atoms with Crippen molar-refractivity contribution in [2.75, 3.05) is 32.1 Å². The summed E-state index contributed by atoms with van der Waals surface area (Å²) in [5, 5.41) is 2.68. The third-order valence-corrected chi connectivity index (χ3v) is 9.06. The highest BCUT2D eigenvalue weighted by Crippen LogP contribution is 2.29. The zero-order valence-corrected chi connectivity index (χ0v) is 26.4. The highest BCUT2D eigenvalue weighted by molar-refractivity contribution is 6.33. The number of benzene rings is 2. The number of nitrogens with two attached hydrogens (primary N) is 1. The molecule has 244 valence electrons. The van der Waals surface area contributed by atoms with E-state index in [0.29, 0.717) is 44.6 Å². The molecule has 2 aromatic carbocycles. The molecule has 2 aliphatic rings. The fourth-order valence-electron chi connectivity index (χ4n) is 6.08. The molecule has 3 heterocycles. The summed E-state index contributed by atoms with van der Waals surface area (Å²) in [6.45, 7) is 2.45. The number of urea groups is 1. The van der Waals surface area contributed by atoms with Crippen LogP contribution in [-0.4, -0.2) is 69.6 Å². The third-order valence-electron chi connectivity index (χ3n) is 8.68. The normalized spacial score (nSPS) is 16.0. The first kappa shape index (κ1) is 32.7. The van der Waals surface area contributed by atoms with E-state index >= 15 is 0 Å². The molecule has 2 aliphatic heterocycles. The van der Waals surface area contributed by atoms with Gasteiger partial charge in [0.15, 0.2) is 0 Å². The van der Waals surface area contributed by atoms with Crippen LogP contribution in [0.3, 0.4) is 0 Å². The van der Waals surface area contributed by atoms with Crippen LogP contribution in [0.2, 0.25) is 5.02 Å². The lowest BCUT2D eigenvalue weighted by atomic mass is 10.0. The van der Waals surface area contributed by atoms with E-state index in [-0.39, 0.29) is 53.5 Å². The van der Waals surface area contributed by atoms with Gasteiger partial charge in [0.25, 0.3) is 5.56 Å². The SMILES string of the molecule is COc1ccc2c(c1)CCN(C1CCN(C(=O)Cn3cc(-c4cccc(F)c4Cl)c(=O)n([C@H](C)CCC(N)=O)c3=O)CC1)C(=O)N2. The number of primary amides is 1. The van der Waals surface area contributed by atoms with Gasteiger partial charge in [-0.05, 0) is 62.4 Å². The Kier molecular flexibility index (Phi) is 9.80. The van der Waals surface area contributed by atoms with Gasteiger partial charge >= 0.3 is 11.7 Å². The quantitative estimate of drug-likeness (QED) is 0.361. The first-order valence-electron chi connectivity index (χ1n) is 15.1. The Morgan fingerprint density at radius 3 is 2.54 bits per heavy atom. The van der Waals surface area contributed by atoms with Crippen LogP contribution >= 0.6 is 11.6 Å². The molecule has 0 radical (unpaired) electrons. The molecule has 0 spiro atoms. The molecule has 4 amide bonds. The Bertz CT molecular complexity index is 1780. The standard InChI is InChI=1S/C32H36ClFN6O6/c1-19(6-9-27(35)41)40-30(43)24(23-4-3-5-25(34)29(23)33)17-38(32(40)45)18-28(42)37-13-11-21(12-14-37)39-15-10-20-16-22(46-2)7-8-26(20)36-31(39)44/h3-5,7-8,16-17,19,21H,6,9-15,18H2,1-2H3,(H2,35,41)(H,36,44)/t19-/m1/s1. The van der Waals surface area contributed by atoms with E-state index in [2.05, 4.69) is 5.32 Å². The summed E-state index contributed by atoms with van der Waals surface area (Å²) in [5.41, 5.74) is 5.55. The highest BCUT2D eigenvalue weighted by Gasteiger charge is 2.32. The van der Waals surface area contributed by atoms with Crippen molar-refractivity contribution in [2.24, 2.45) is 5.73 Å². The van der Waals surface area contributed by atoms with Crippen LogP contribution in [0.25, 0.3) is 11.1 Å². The molecule has 1 atom stereocenters. The number of nitrogens with one attached hydrogen (secondary N) is 1. The molecule has 3 N–H and O–H groups in total. The van der Waals surface area contributed by atoms with Crippen LogP contribution < -0.4 is 27.0 Å². The maximum absolute atomic E-state index is 14.4. The monoisotopic (exact) mass is 654 g/mol. The van der Waals surface area contributed by atoms with Crippen LogP contribution in [0.15, 0.2) is 52.2 Å². The number of amides is 4. The lowest BCUT2D eigenvalue weighted by molar-refractivity contribution is -0.133. The number of methoxy groups -OCH3 is 1. The summed E-state index contributed by atoms with van der Waals surface area (Å²) in [5.74, 6) is -0.975. The summed E-state index contributed by atoms with van der Waals surface area (Å²) in [6.07, 6.45) is 3.00.